The van der Waals surface area contributed by atoms with Gasteiger partial charge in [-0.2, -0.15) is 0 Å². The highest BCUT2D eigenvalue weighted by molar-refractivity contribution is 7.91. The van der Waals surface area contributed by atoms with Crippen LogP contribution in [0.3, 0.4) is 0 Å². The van der Waals surface area contributed by atoms with E-state index >= 15 is 0 Å². The zero-order chi connectivity index (χ0) is 19.0. The average molecular weight is 397 g/mol. The lowest BCUT2D eigenvalue weighted by Crippen LogP contribution is -2.41. The van der Waals surface area contributed by atoms with E-state index in [0.717, 1.165) is 0 Å². The number of hydrogen-bond donors (Lipinski definition) is 0. The summed E-state index contributed by atoms with van der Waals surface area (Å²) in [6, 6.07) is 2.42. The van der Waals surface area contributed by atoms with Crippen LogP contribution in [0.2, 0.25) is 0 Å². The second-order valence-electron chi connectivity index (χ2n) is 6.52. The molecule has 0 spiro atoms. The fourth-order valence-corrected chi connectivity index (χ4v) is 4.41. The van der Waals surface area contributed by atoms with Crippen molar-refractivity contribution in [3.63, 3.8) is 0 Å². The molecule has 2 aliphatic heterocycles. The maximum Gasteiger partial charge on any atom is 0.153 e. The third-order valence-electron chi connectivity index (χ3n) is 4.61. The van der Waals surface area contributed by atoms with Crippen molar-refractivity contribution in [1.82, 2.24) is 15.0 Å². The maximum atomic E-state index is 14.6. The normalized spacial score (nSPS) is 21.8. The van der Waals surface area contributed by atoms with E-state index in [2.05, 4.69) is 15.5 Å². The molecule has 2 aromatic rings. The van der Waals surface area contributed by atoms with Crippen LogP contribution >= 0.6 is 0 Å². The molecule has 0 unspecified atom stereocenters. The Morgan fingerprint density at radius 2 is 1.89 bits per heavy atom. The van der Waals surface area contributed by atoms with Crippen molar-refractivity contribution in [3.05, 3.63) is 41.7 Å². The third-order valence-corrected chi connectivity index (χ3v) is 6.22. The minimum absolute atomic E-state index is 0.0690. The first-order chi connectivity index (χ1) is 12.9. The number of sulfone groups is 1. The summed E-state index contributed by atoms with van der Waals surface area (Å²) in [5.41, 5.74) is 0.553. The molecule has 2 aliphatic rings. The molecular weight excluding hydrogens is 380 g/mol. The van der Waals surface area contributed by atoms with Gasteiger partial charge in [-0.05, 0) is 12.1 Å². The molecule has 1 aromatic carbocycles. The summed E-state index contributed by atoms with van der Waals surface area (Å²) in [4.78, 5) is 6.75. The molecule has 0 aliphatic carbocycles. The Balaban J connectivity index is 1.49. The molecule has 144 valence electrons. The largest absolute Gasteiger partial charge is 0.390 e. The van der Waals surface area contributed by atoms with E-state index in [4.69, 9.17) is 4.84 Å². The van der Waals surface area contributed by atoms with Crippen molar-refractivity contribution >= 4 is 21.2 Å². The Bertz CT molecular complexity index is 941. The van der Waals surface area contributed by atoms with Gasteiger partial charge in [0.15, 0.2) is 15.9 Å². The zero-order valence-electron chi connectivity index (χ0n) is 14.3. The van der Waals surface area contributed by atoms with Crippen LogP contribution in [0, 0.1) is 11.6 Å². The van der Waals surface area contributed by atoms with E-state index in [1.807, 2.05) is 0 Å². The Hall–Kier alpha value is -2.56. The second-order valence-corrected chi connectivity index (χ2v) is 8.83. The van der Waals surface area contributed by atoms with Crippen LogP contribution in [0.1, 0.15) is 12.0 Å². The quantitative estimate of drug-likeness (QED) is 0.764. The van der Waals surface area contributed by atoms with Crippen LogP contribution in [0.4, 0.5) is 14.5 Å². The summed E-state index contributed by atoms with van der Waals surface area (Å²) in [5.74, 6) is -1.71. The van der Waals surface area contributed by atoms with Crippen LogP contribution in [-0.4, -0.2) is 59.8 Å². The Morgan fingerprint density at radius 3 is 2.52 bits per heavy atom. The molecule has 0 saturated carbocycles. The minimum atomic E-state index is -3.13. The van der Waals surface area contributed by atoms with Crippen LogP contribution in [0.15, 0.2) is 29.7 Å². The molecule has 11 heteroatoms. The molecule has 8 nitrogen and oxygen atoms in total. The lowest BCUT2D eigenvalue weighted by molar-refractivity contribution is 0.0693. The summed E-state index contributed by atoms with van der Waals surface area (Å²) < 4.78 is 53.8. The average Bonchev–Trinajstić information content (AvgIpc) is 3.28. The highest BCUT2D eigenvalue weighted by atomic mass is 32.2. The predicted octanol–water partition coefficient (Wildman–Crippen LogP) is 0.984. The molecule has 1 saturated heterocycles. The number of oxime groups is 1. The molecule has 0 N–H and O–H groups in total. The van der Waals surface area contributed by atoms with E-state index in [9.17, 15) is 17.2 Å². The van der Waals surface area contributed by atoms with Gasteiger partial charge in [-0.25, -0.2) is 21.9 Å². The monoisotopic (exact) mass is 397 g/mol. The van der Waals surface area contributed by atoms with Gasteiger partial charge in [0.25, 0.3) is 0 Å². The number of halogens is 2. The first-order valence-electron chi connectivity index (χ1n) is 8.43. The van der Waals surface area contributed by atoms with Gasteiger partial charge in [0, 0.05) is 31.3 Å². The fraction of sp³-hybridized carbons (Fsp3) is 0.438. The molecule has 1 atom stereocenters. The van der Waals surface area contributed by atoms with E-state index in [1.54, 1.807) is 17.1 Å². The summed E-state index contributed by atoms with van der Waals surface area (Å²) in [6.45, 7) is 0.567. The molecular formula is C16H17F2N5O3S. The maximum absolute atomic E-state index is 14.6. The SMILES string of the molecule is O=S1(=O)CCN(c2c(F)cc(C3=NO[C@@H](Cn4ccnn4)C3)cc2F)CC1. The van der Waals surface area contributed by atoms with Crippen LogP contribution < -0.4 is 4.90 Å². The van der Waals surface area contributed by atoms with Crippen molar-refractivity contribution in [3.8, 4) is 0 Å². The molecule has 3 heterocycles. The number of hydrogen-bond acceptors (Lipinski definition) is 7. The molecule has 1 aromatic heterocycles. The first-order valence-corrected chi connectivity index (χ1v) is 10.2. The Labute approximate surface area is 154 Å². The van der Waals surface area contributed by atoms with Gasteiger partial charge in [-0.15, -0.1) is 5.10 Å². The predicted molar refractivity (Wildman–Crippen MR) is 93.3 cm³/mol. The standard InChI is InChI=1S/C16H17F2N5O3S/c17-13-7-11(15-9-12(26-20-15)10-23-2-1-19-21-23)8-14(18)16(13)22-3-5-27(24,25)6-4-22/h1-2,7-8,12H,3-6,9-10H2/t12-/m1/s1. The van der Waals surface area contributed by atoms with Crippen LogP contribution in [-0.2, 0) is 21.2 Å². The van der Waals surface area contributed by atoms with Crippen molar-refractivity contribution in [2.24, 2.45) is 5.16 Å². The molecule has 0 radical (unpaired) electrons. The van der Waals surface area contributed by atoms with Crippen molar-refractivity contribution < 1.29 is 22.0 Å². The minimum Gasteiger partial charge on any atom is -0.390 e. The Kier molecular flexibility index (Phi) is 4.54. The molecule has 0 bridgehead atoms. The molecule has 4 rings (SSSR count). The number of aromatic nitrogens is 3. The summed E-state index contributed by atoms with van der Waals surface area (Å²) in [6.07, 6.45) is 3.33. The number of rotatable bonds is 4. The van der Waals surface area contributed by atoms with Gasteiger partial charge < -0.3 is 9.74 Å². The molecule has 0 amide bonds. The van der Waals surface area contributed by atoms with Crippen LogP contribution in [0.25, 0.3) is 0 Å². The van der Waals surface area contributed by atoms with Gasteiger partial charge >= 0.3 is 0 Å². The van der Waals surface area contributed by atoms with Gasteiger partial charge in [-0.3, -0.25) is 0 Å². The van der Waals surface area contributed by atoms with Gasteiger partial charge in [0.1, 0.15) is 17.3 Å². The summed E-state index contributed by atoms with van der Waals surface area (Å²) >= 11 is 0. The van der Waals surface area contributed by atoms with E-state index in [0.29, 0.717) is 24.2 Å². The van der Waals surface area contributed by atoms with Crippen molar-refractivity contribution in [1.29, 1.82) is 0 Å². The highest BCUT2D eigenvalue weighted by Gasteiger charge is 2.28. The zero-order valence-corrected chi connectivity index (χ0v) is 15.1. The van der Waals surface area contributed by atoms with E-state index in [-0.39, 0.29) is 36.4 Å². The summed E-state index contributed by atoms with van der Waals surface area (Å²) in [5, 5.41) is 11.5. The van der Waals surface area contributed by atoms with E-state index in [1.165, 1.54) is 17.0 Å². The molecule has 1 fully saturated rings. The first kappa shape index (κ1) is 17.8. The molecule has 27 heavy (non-hydrogen) atoms. The van der Waals surface area contributed by atoms with Gasteiger partial charge in [-0.1, -0.05) is 10.4 Å². The summed E-state index contributed by atoms with van der Waals surface area (Å²) in [7, 11) is -3.13. The highest BCUT2D eigenvalue weighted by Crippen LogP contribution is 2.28. The van der Waals surface area contributed by atoms with Gasteiger partial charge in [0.2, 0.25) is 0 Å². The number of nitrogens with zero attached hydrogens (tertiary/aromatic N) is 5. The van der Waals surface area contributed by atoms with E-state index < -0.39 is 21.5 Å². The fourth-order valence-electron chi connectivity index (χ4n) is 3.21. The number of benzene rings is 1. The smallest absolute Gasteiger partial charge is 0.153 e. The lowest BCUT2D eigenvalue weighted by Gasteiger charge is -2.29. The Morgan fingerprint density at radius 1 is 1.19 bits per heavy atom. The number of anilines is 1. The van der Waals surface area contributed by atoms with Crippen molar-refractivity contribution in [2.45, 2.75) is 19.1 Å². The second kappa shape index (κ2) is 6.87. The van der Waals surface area contributed by atoms with Crippen LogP contribution in [0.5, 0.6) is 0 Å². The lowest BCUT2D eigenvalue weighted by atomic mass is 10.0. The van der Waals surface area contributed by atoms with Gasteiger partial charge in [0.05, 0.1) is 30.0 Å². The topological polar surface area (TPSA) is 89.7 Å². The van der Waals surface area contributed by atoms with Crippen molar-refractivity contribution in [2.75, 3.05) is 29.5 Å². The third kappa shape index (κ3) is 3.77.